The van der Waals surface area contributed by atoms with Gasteiger partial charge >= 0.3 is 0 Å². The van der Waals surface area contributed by atoms with E-state index in [1.54, 1.807) is 24.0 Å². The lowest BCUT2D eigenvalue weighted by Gasteiger charge is -2.03. The zero-order valence-electron chi connectivity index (χ0n) is 13.4. The average molecular weight is 326 g/mol. The maximum atomic E-state index is 12.3. The first-order valence-electron chi connectivity index (χ1n) is 7.30. The Morgan fingerprint density at radius 1 is 1.43 bits per heavy atom. The molecule has 118 valence electrons. The molecule has 0 saturated heterocycles. The van der Waals surface area contributed by atoms with Crippen LogP contribution in [0.2, 0.25) is 0 Å². The molecule has 0 bridgehead atoms. The molecule has 2 heterocycles. The zero-order valence-corrected chi connectivity index (χ0v) is 14.2. The van der Waals surface area contributed by atoms with Gasteiger partial charge in [0.05, 0.1) is 10.2 Å². The van der Waals surface area contributed by atoms with Gasteiger partial charge in [-0.2, -0.15) is 10.1 Å². The Balaban J connectivity index is 2.21. The van der Waals surface area contributed by atoms with Crippen LogP contribution < -0.4 is 4.80 Å². The largest absolute Gasteiger partial charge is 0.312 e. The Morgan fingerprint density at radius 2 is 2.22 bits per heavy atom. The minimum absolute atomic E-state index is 0.329. The highest BCUT2D eigenvalue weighted by atomic mass is 32.1. The summed E-state index contributed by atoms with van der Waals surface area (Å²) in [6.07, 6.45) is 3.55. The molecule has 1 aromatic carbocycles. The van der Waals surface area contributed by atoms with Crippen molar-refractivity contribution in [1.29, 1.82) is 0 Å². The highest BCUT2D eigenvalue weighted by molar-refractivity contribution is 7.16. The van der Waals surface area contributed by atoms with E-state index in [-0.39, 0.29) is 5.91 Å². The fraction of sp³-hybridized carbons (Fsp3) is 0.235. The second-order valence-electron chi connectivity index (χ2n) is 5.51. The van der Waals surface area contributed by atoms with Crippen molar-refractivity contribution in [2.75, 3.05) is 0 Å². The van der Waals surface area contributed by atoms with Gasteiger partial charge in [-0.05, 0) is 37.1 Å². The summed E-state index contributed by atoms with van der Waals surface area (Å²) in [6, 6.07) is 5.93. The van der Waals surface area contributed by atoms with Crippen LogP contribution in [0.15, 0.2) is 42.0 Å². The molecule has 0 fully saturated rings. The molecule has 0 atom stereocenters. The number of amides is 1. The fourth-order valence-corrected chi connectivity index (χ4v) is 3.66. The molecule has 0 radical (unpaired) electrons. The Kier molecular flexibility index (Phi) is 4.00. The first-order chi connectivity index (χ1) is 11.0. The lowest BCUT2D eigenvalue weighted by Crippen LogP contribution is -2.16. The number of aryl methyl sites for hydroxylation is 3. The van der Waals surface area contributed by atoms with E-state index < -0.39 is 0 Å². The van der Waals surface area contributed by atoms with Crippen molar-refractivity contribution in [2.24, 2.45) is 12.0 Å². The predicted molar refractivity (Wildman–Crippen MR) is 92.6 cm³/mol. The smallest absolute Gasteiger partial charge is 0.300 e. The highest BCUT2D eigenvalue weighted by Crippen LogP contribution is 2.23. The van der Waals surface area contributed by atoms with Gasteiger partial charge in [-0.15, -0.1) is 6.58 Å². The van der Waals surface area contributed by atoms with E-state index in [1.165, 1.54) is 22.5 Å². The van der Waals surface area contributed by atoms with Gasteiger partial charge in [-0.3, -0.25) is 9.48 Å². The summed E-state index contributed by atoms with van der Waals surface area (Å²) in [4.78, 5) is 17.3. The van der Waals surface area contributed by atoms with Crippen molar-refractivity contribution in [1.82, 2.24) is 14.3 Å². The van der Waals surface area contributed by atoms with Crippen LogP contribution in [0.3, 0.4) is 0 Å². The van der Waals surface area contributed by atoms with Gasteiger partial charge in [0.1, 0.15) is 0 Å². The SMILES string of the molecule is C=CCn1c(=NC(=O)c2ccn(C)n2)sc2c(C)cc(C)cc21. The molecule has 0 N–H and O–H groups in total. The van der Waals surface area contributed by atoms with Crippen LogP contribution in [0.1, 0.15) is 21.6 Å². The zero-order chi connectivity index (χ0) is 16.6. The molecule has 0 aliphatic carbocycles. The summed E-state index contributed by atoms with van der Waals surface area (Å²) in [5.41, 5.74) is 3.81. The van der Waals surface area contributed by atoms with E-state index in [9.17, 15) is 4.79 Å². The minimum atomic E-state index is -0.329. The summed E-state index contributed by atoms with van der Waals surface area (Å²) in [6.45, 7) is 8.56. The number of thiazole rings is 1. The summed E-state index contributed by atoms with van der Waals surface area (Å²) in [7, 11) is 1.78. The summed E-state index contributed by atoms with van der Waals surface area (Å²) in [5.74, 6) is -0.329. The highest BCUT2D eigenvalue weighted by Gasteiger charge is 2.12. The number of fused-ring (bicyclic) bond motifs is 1. The van der Waals surface area contributed by atoms with Gasteiger partial charge < -0.3 is 4.57 Å². The monoisotopic (exact) mass is 326 g/mol. The van der Waals surface area contributed by atoms with Gasteiger partial charge in [0.25, 0.3) is 5.91 Å². The molecule has 0 unspecified atom stereocenters. The van der Waals surface area contributed by atoms with Crippen molar-refractivity contribution < 1.29 is 4.79 Å². The maximum Gasteiger partial charge on any atom is 0.300 e. The predicted octanol–water partition coefficient (Wildman–Crippen LogP) is 2.98. The van der Waals surface area contributed by atoms with E-state index in [0.717, 1.165) is 10.2 Å². The molecule has 23 heavy (non-hydrogen) atoms. The molecule has 2 aromatic heterocycles. The van der Waals surface area contributed by atoms with Gasteiger partial charge in [-0.25, -0.2) is 0 Å². The van der Waals surface area contributed by atoms with Crippen LogP contribution >= 0.6 is 11.3 Å². The lowest BCUT2D eigenvalue weighted by atomic mass is 10.1. The maximum absolute atomic E-state index is 12.3. The summed E-state index contributed by atoms with van der Waals surface area (Å²) >= 11 is 1.52. The molecule has 0 aliphatic rings. The van der Waals surface area contributed by atoms with Gasteiger partial charge in [0, 0.05) is 19.8 Å². The van der Waals surface area contributed by atoms with Crippen molar-refractivity contribution in [3.63, 3.8) is 0 Å². The first-order valence-corrected chi connectivity index (χ1v) is 8.11. The van der Waals surface area contributed by atoms with Gasteiger partial charge in [0.15, 0.2) is 10.5 Å². The molecular weight excluding hydrogens is 308 g/mol. The van der Waals surface area contributed by atoms with Crippen LogP contribution in [-0.4, -0.2) is 20.3 Å². The molecule has 1 amide bonds. The van der Waals surface area contributed by atoms with Crippen LogP contribution in [0.4, 0.5) is 0 Å². The molecule has 0 spiro atoms. The van der Waals surface area contributed by atoms with Crippen molar-refractivity contribution in [3.8, 4) is 0 Å². The van der Waals surface area contributed by atoms with Crippen molar-refractivity contribution >= 4 is 27.5 Å². The molecular formula is C17H18N4OS. The Morgan fingerprint density at radius 3 is 2.87 bits per heavy atom. The third-order valence-corrected chi connectivity index (χ3v) is 4.79. The Hall–Kier alpha value is -2.47. The van der Waals surface area contributed by atoms with Crippen LogP contribution in [0.25, 0.3) is 10.2 Å². The number of rotatable bonds is 3. The average Bonchev–Trinajstić information content (AvgIpc) is 3.05. The normalized spacial score (nSPS) is 12.0. The second-order valence-corrected chi connectivity index (χ2v) is 6.48. The number of allylic oxidation sites excluding steroid dienone is 1. The topological polar surface area (TPSA) is 52.2 Å². The molecule has 5 nitrogen and oxygen atoms in total. The molecule has 0 aliphatic heterocycles. The molecule has 3 aromatic rings. The van der Waals surface area contributed by atoms with Crippen LogP contribution in [-0.2, 0) is 13.6 Å². The number of hydrogen-bond donors (Lipinski definition) is 0. The van der Waals surface area contributed by atoms with E-state index in [2.05, 4.69) is 42.7 Å². The minimum Gasteiger partial charge on any atom is -0.312 e. The summed E-state index contributed by atoms with van der Waals surface area (Å²) in [5, 5.41) is 4.12. The first kappa shape index (κ1) is 15.4. The molecule has 6 heteroatoms. The number of benzene rings is 1. The van der Waals surface area contributed by atoms with Crippen molar-refractivity contribution in [2.45, 2.75) is 20.4 Å². The van der Waals surface area contributed by atoms with E-state index in [4.69, 9.17) is 0 Å². The van der Waals surface area contributed by atoms with Gasteiger partial charge in [-0.1, -0.05) is 23.5 Å². The lowest BCUT2D eigenvalue weighted by molar-refractivity contribution is 0.0992. The fourth-order valence-electron chi connectivity index (χ4n) is 2.58. The quantitative estimate of drug-likeness (QED) is 0.695. The van der Waals surface area contributed by atoms with E-state index in [1.807, 2.05) is 10.6 Å². The summed E-state index contributed by atoms with van der Waals surface area (Å²) < 4.78 is 4.76. The Labute approximate surface area is 138 Å². The number of hydrogen-bond acceptors (Lipinski definition) is 3. The number of aromatic nitrogens is 3. The van der Waals surface area contributed by atoms with Gasteiger partial charge in [0.2, 0.25) is 0 Å². The molecule has 3 rings (SSSR count). The standard InChI is InChI=1S/C17H18N4OS/c1-5-7-21-14-10-11(2)9-12(3)15(14)23-17(21)18-16(22)13-6-8-20(4)19-13/h5-6,8-10H,1,7H2,2-4H3. The second kappa shape index (κ2) is 5.96. The number of carbonyl (C=O) groups excluding carboxylic acids is 1. The van der Waals surface area contributed by atoms with Crippen molar-refractivity contribution in [3.05, 3.63) is 58.7 Å². The van der Waals surface area contributed by atoms with E-state index >= 15 is 0 Å². The van der Waals surface area contributed by atoms with Crippen LogP contribution in [0.5, 0.6) is 0 Å². The molecule has 0 saturated carbocycles. The number of carbonyl (C=O) groups is 1. The van der Waals surface area contributed by atoms with E-state index in [0.29, 0.717) is 17.0 Å². The Bertz CT molecular complexity index is 974. The third kappa shape index (κ3) is 2.90. The van der Waals surface area contributed by atoms with Crippen LogP contribution in [0, 0.1) is 13.8 Å². The third-order valence-electron chi connectivity index (χ3n) is 3.56. The number of nitrogens with zero attached hydrogens (tertiary/aromatic N) is 4.